The number of alkyl halides is 3. The van der Waals surface area contributed by atoms with Crippen LogP contribution in [0.15, 0.2) is 18.2 Å². The number of nitrogens with one attached hydrogen (secondary N) is 1. The van der Waals surface area contributed by atoms with Gasteiger partial charge in [-0.2, -0.15) is 18.4 Å². The number of imidazole rings is 1. The maximum Gasteiger partial charge on any atom is 0.416 e. The zero-order valence-electron chi connectivity index (χ0n) is 25.3. The Morgan fingerprint density at radius 3 is 2.37 bits per heavy atom. The van der Waals surface area contributed by atoms with Crippen LogP contribution >= 0.6 is 0 Å². The largest absolute Gasteiger partial charge is 0.598 e. The van der Waals surface area contributed by atoms with Gasteiger partial charge in [0.15, 0.2) is 5.60 Å². The van der Waals surface area contributed by atoms with Crippen LogP contribution in [-0.4, -0.2) is 51.9 Å². The fourth-order valence-electron chi connectivity index (χ4n) is 4.07. The van der Waals surface area contributed by atoms with Gasteiger partial charge in [-0.25, -0.2) is 4.98 Å². The van der Waals surface area contributed by atoms with Crippen LogP contribution in [0, 0.1) is 16.7 Å². The monoisotopic (exact) mass is 615 g/mol. The normalized spacial score (nSPS) is 18.2. The fourth-order valence-corrected chi connectivity index (χ4v) is 5.62. The molecule has 3 rings (SSSR count). The Kier molecular flexibility index (Phi) is 10.0. The molecule has 13 heteroatoms. The van der Waals surface area contributed by atoms with Crippen LogP contribution in [0.25, 0.3) is 11.0 Å². The Hall–Kier alpha value is -1.66. The van der Waals surface area contributed by atoms with Gasteiger partial charge in [0.1, 0.15) is 23.3 Å². The molecule has 1 aliphatic carbocycles. The number of nitriles is 1. The molecule has 0 spiro atoms. The number of hydrogen-bond donors (Lipinski definition) is 2. The molecule has 41 heavy (non-hydrogen) atoms. The standard InChI is InChI=1S/C28H44F3N5O3SSi/c1-25(2,3)40(37)35-21(16-39-26(4,5)28(29,30)31)24-34-20-10-9-19(23(33)27(17-32)11-12-27)15-22(20)36(24)18-38-13-14-41(6,7)8/h9-10,15,21,23,35H,11-14,16,18,33H2,1-8H3/t21-,23-,40?/m0/s1. The third kappa shape index (κ3) is 8.25. The molecule has 230 valence electrons. The van der Waals surface area contributed by atoms with Gasteiger partial charge < -0.3 is 24.3 Å². The molecule has 3 N–H and O–H groups in total. The van der Waals surface area contributed by atoms with Crippen molar-refractivity contribution < 1.29 is 27.2 Å². The van der Waals surface area contributed by atoms with Gasteiger partial charge in [0.25, 0.3) is 0 Å². The second kappa shape index (κ2) is 12.1. The van der Waals surface area contributed by atoms with E-state index in [0.29, 0.717) is 23.5 Å². The van der Waals surface area contributed by atoms with E-state index in [-0.39, 0.29) is 6.73 Å². The van der Waals surface area contributed by atoms with Crippen molar-refractivity contribution in [1.82, 2.24) is 14.3 Å². The van der Waals surface area contributed by atoms with E-state index in [1.165, 1.54) is 0 Å². The number of fused-ring (bicyclic) bond motifs is 1. The Morgan fingerprint density at radius 2 is 1.85 bits per heavy atom. The summed E-state index contributed by atoms with van der Waals surface area (Å²) in [5, 5.41) is 9.68. The van der Waals surface area contributed by atoms with Crippen molar-refractivity contribution in [2.75, 3.05) is 13.2 Å². The van der Waals surface area contributed by atoms with E-state index in [9.17, 15) is 23.0 Å². The average molecular weight is 616 g/mol. The van der Waals surface area contributed by atoms with Gasteiger partial charge in [-0.3, -0.25) is 0 Å². The molecular formula is C28H44F3N5O3SSi. The maximum absolute atomic E-state index is 13.7. The number of benzene rings is 1. The lowest BCUT2D eigenvalue weighted by Gasteiger charge is -2.32. The Morgan fingerprint density at radius 1 is 1.22 bits per heavy atom. The summed E-state index contributed by atoms with van der Waals surface area (Å²) in [7, 11) is -1.38. The van der Waals surface area contributed by atoms with E-state index in [1.807, 2.05) is 12.1 Å². The van der Waals surface area contributed by atoms with Crippen molar-refractivity contribution in [3.8, 4) is 6.07 Å². The van der Waals surface area contributed by atoms with E-state index in [4.69, 9.17) is 20.2 Å². The molecular weight excluding hydrogens is 571 g/mol. The van der Waals surface area contributed by atoms with Crippen molar-refractivity contribution in [2.24, 2.45) is 11.1 Å². The van der Waals surface area contributed by atoms with Gasteiger partial charge in [0.05, 0.1) is 29.1 Å². The quantitative estimate of drug-likeness (QED) is 0.159. The third-order valence-corrected chi connectivity index (χ3v) is 10.7. The SMILES string of the molecule is CC(C)(C)[S+]([O-])N[C@@H](COC(C)(C)C(F)(F)F)c1nc2ccc([C@H](N)C3(C#N)CC3)cc2n1COCC[Si](C)(C)C. The summed E-state index contributed by atoms with van der Waals surface area (Å²) >= 11 is -1.64. The lowest BCUT2D eigenvalue weighted by Crippen LogP contribution is -2.47. The summed E-state index contributed by atoms with van der Waals surface area (Å²) in [5.41, 5.74) is 5.49. The zero-order valence-corrected chi connectivity index (χ0v) is 27.1. The predicted octanol–water partition coefficient (Wildman–Crippen LogP) is 6.10. The first-order chi connectivity index (χ1) is 18.7. The van der Waals surface area contributed by atoms with E-state index < -0.39 is 60.1 Å². The molecule has 3 atom stereocenters. The highest BCUT2D eigenvalue weighted by Crippen LogP contribution is 2.53. The first kappa shape index (κ1) is 33.8. The second-order valence-electron chi connectivity index (χ2n) is 13.6. The molecule has 1 aromatic heterocycles. The maximum atomic E-state index is 13.7. The molecule has 1 saturated carbocycles. The van der Waals surface area contributed by atoms with Crippen LogP contribution in [0.2, 0.25) is 25.7 Å². The van der Waals surface area contributed by atoms with E-state index in [2.05, 4.69) is 30.4 Å². The van der Waals surface area contributed by atoms with E-state index >= 15 is 0 Å². The second-order valence-corrected chi connectivity index (χ2v) is 21.2. The number of nitrogens with zero attached hydrogens (tertiary/aromatic N) is 3. The van der Waals surface area contributed by atoms with Crippen molar-refractivity contribution >= 4 is 30.5 Å². The van der Waals surface area contributed by atoms with Crippen molar-refractivity contribution in [3.05, 3.63) is 29.6 Å². The third-order valence-electron chi connectivity index (χ3n) is 7.40. The van der Waals surface area contributed by atoms with Crippen LogP contribution in [0.4, 0.5) is 13.2 Å². The van der Waals surface area contributed by atoms with Crippen LogP contribution in [0.5, 0.6) is 0 Å². The van der Waals surface area contributed by atoms with Crippen molar-refractivity contribution in [3.63, 3.8) is 0 Å². The van der Waals surface area contributed by atoms with Crippen LogP contribution < -0.4 is 10.5 Å². The van der Waals surface area contributed by atoms with Crippen molar-refractivity contribution in [1.29, 1.82) is 5.26 Å². The summed E-state index contributed by atoms with van der Waals surface area (Å²) in [6.45, 7) is 14.1. The number of nitrogens with two attached hydrogens (primary N) is 1. The van der Waals surface area contributed by atoms with Gasteiger partial charge in [0.2, 0.25) is 0 Å². The minimum absolute atomic E-state index is 0.0847. The highest BCUT2D eigenvalue weighted by atomic mass is 32.2. The molecule has 0 radical (unpaired) electrons. The molecule has 0 aliphatic heterocycles. The predicted molar refractivity (Wildman–Crippen MR) is 158 cm³/mol. The summed E-state index contributed by atoms with van der Waals surface area (Å²) < 4.78 is 69.7. The number of rotatable bonds is 13. The van der Waals surface area contributed by atoms with Crippen LogP contribution in [-0.2, 0) is 27.6 Å². The molecule has 0 bridgehead atoms. The fraction of sp³-hybridized carbons (Fsp3) is 0.714. The Bertz CT molecular complexity index is 1250. The first-order valence-electron chi connectivity index (χ1n) is 13.8. The number of halogens is 3. The lowest BCUT2D eigenvalue weighted by molar-refractivity contribution is -0.265. The molecule has 1 aliphatic rings. The molecule has 1 heterocycles. The van der Waals surface area contributed by atoms with E-state index in [0.717, 1.165) is 38.3 Å². The highest BCUT2D eigenvalue weighted by Gasteiger charge is 2.50. The minimum Gasteiger partial charge on any atom is -0.598 e. The van der Waals surface area contributed by atoms with Gasteiger partial charge in [0, 0.05) is 32.1 Å². The number of aromatic nitrogens is 2. The van der Waals surface area contributed by atoms with Crippen LogP contribution in [0.3, 0.4) is 0 Å². The van der Waals surface area contributed by atoms with Gasteiger partial charge >= 0.3 is 6.18 Å². The number of hydrogen-bond acceptors (Lipinski definition) is 7. The smallest absolute Gasteiger partial charge is 0.416 e. The lowest BCUT2D eigenvalue weighted by atomic mass is 9.92. The summed E-state index contributed by atoms with van der Waals surface area (Å²) in [6.07, 6.45) is -3.15. The molecule has 1 fully saturated rings. The van der Waals surface area contributed by atoms with Crippen molar-refractivity contribution in [2.45, 2.75) is 108 Å². The minimum atomic E-state index is -4.61. The zero-order chi connectivity index (χ0) is 31.0. The average Bonchev–Trinajstić information content (AvgIpc) is 3.57. The van der Waals surface area contributed by atoms with Gasteiger partial charge in [-0.05, 0) is 71.2 Å². The summed E-state index contributed by atoms with van der Waals surface area (Å²) in [5.74, 6) is 0.343. The molecule has 0 amide bonds. The highest BCUT2D eigenvalue weighted by molar-refractivity contribution is 7.90. The Balaban J connectivity index is 2.07. The van der Waals surface area contributed by atoms with Crippen LogP contribution in [0.1, 0.15) is 70.9 Å². The van der Waals surface area contributed by atoms with Gasteiger partial charge in [-0.15, -0.1) is 4.72 Å². The summed E-state index contributed by atoms with van der Waals surface area (Å²) in [6, 6.07) is 7.33. The Labute approximate surface area is 245 Å². The summed E-state index contributed by atoms with van der Waals surface area (Å²) in [4.78, 5) is 4.76. The number of ether oxygens (including phenoxy) is 2. The van der Waals surface area contributed by atoms with E-state index in [1.54, 1.807) is 31.4 Å². The first-order valence-corrected chi connectivity index (χ1v) is 18.7. The molecule has 2 aromatic rings. The molecule has 1 unspecified atom stereocenters. The topological polar surface area (TPSA) is 121 Å². The molecule has 0 saturated heterocycles. The molecule has 1 aromatic carbocycles. The molecule has 8 nitrogen and oxygen atoms in total. The van der Waals surface area contributed by atoms with Gasteiger partial charge in [-0.1, -0.05) is 25.7 Å².